The third kappa shape index (κ3) is 3.02. The minimum atomic E-state index is 0.985. The third-order valence-corrected chi connectivity index (χ3v) is 4.18. The van der Waals surface area contributed by atoms with Gasteiger partial charge < -0.3 is 14.8 Å². The van der Waals surface area contributed by atoms with Crippen molar-refractivity contribution >= 4 is 11.0 Å². The molecule has 1 N–H and O–H groups in total. The predicted molar refractivity (Wildman–Crippen MR) is 83.0 cm³/mol. The molecule has 20 heavy (non-hydrogen) atoms. The zero-order valence-electron chi connectivity index (χ0n) is 12.3. The van der Waals surface area contributed by atoms with Crippen molar-refractivity contribution in [1.82, 2.24) is 19.8 Å². The number of benzene rings is 1. The van der Waals surface area contributed by atoms with E-state index in [0.717, 1.165) is 31.6 Å². The highest BCUT2D eigenvalue weighted by Gasteiger charge is 2.09. The Hall–Kier alpha value is -1.39. The maximum Gasteiger partial charge on any atom is 0.0958 e. The van der Waals surface area contributed by atoms with Gasteiger partial charge in [-0.2, -0.15) is 0 Å². The Morgan fingerprint density at radius 1 is 1.25 bits per heavy atom. The van der Waals surface area contributed by atoms with Crippen LogP contribution in [0.3, 0.4) is 0 Å². The Bertz CT molecular complexity index is 555. The number of piperazine rings is 1. The molecular formula is C16H24N4. The van der Waals surface area contributed by atoms with Crippen molar-refractivity contribution in [2.45, 2.75) is 26.3 Å². The number of aromatic nitrogens is 2. The van der Waals surface area contributed by atoms with E-state index in [1.807, 2.05) is 6.33 Å². The first-order valence-corrected chi connectivity index (χ1v) is 7.73. The molecule has 0 bridgehead atoms. The van der Waals surface area contributed by atoms with Crippen LogP contribution in [-0.4, -0.2) is 47.2 Å². The van der Waals surface area contributed by atoms with Gasteiger partial charge in [0.2, 0.25) is 0 Å². The zero-order valence-corrected chi connectivity index (χ0v) is 12.3. The first kappa shape index (κ1) is 13.6. The maximum absolute atomic E-state index is 4.49. The summed E-state index contributed by atoms with van der Waals surface area (Å²) in [5, 5.41) is 3.40. The second-order valence-corrected chi connectivity index (χ2v) is 5.55. The Balaban J connectivity index is 1.57. The molecule has 4 nitrogen and oxygen atoms in total. The molecule has 1 aliphatic rings. The lowest BCUT2D eigenvalue weighted by Crippen LogP contribution is -2.43. The van der Waals surface area contributed by atoms with Crippen LogP contribution >= 0.6 is 0 Å². The minimum absolute atomic E-state index is 0.985. The first-order chi connectivity index (χ1) is 9.86. The Labute approximate surface area is 120 Å². The van der Waals surface area contributed by atoms with E-state index in [4.69, 9.17) is 0 Å². The van der Waals surface area contributed by atoms with Gasteiger partial charge in [-0.3, -0.25) is 0 Å². The van der Waals surface area contributed by atoms with Gasteiger partial charge in [-0.1, -0.05) is 6.07 Å². The highest BCUT2D eigenvalue weighted by Crippen LogP contribution is 2.16. The van der Waals surface area contributed by atoms with Crippen LogP contribution < -0.4 is 5.32 Å². The molecule has 4 heteroatoms. The van der Waals surface area contributed by atoms with Crippen LogP contribution in [0.4, 0.5) is 0 Å². The lowest BCUT2D eigenvalue weighted by atomic mass is 10.1. The van der Waals surface area contributed by atoms with E-state index in [0.29, 0.717) is 0 Å². The van der Waals surface area contributed by atoms with Crippen LogP contribution in [0.25, 0.3) is 11.0 Å². The number of rotatable bonds is 5. The molecule has 1 saturated heterocycles. The van der Waals surface area contributed by atoms with Gasteiger partial charge in [-0.25, -0.2) is 4.98 Å². The molecular weight excluding hydrogens is 248 g/mol. The molecule has 1 fully saturated rings. The molecule has 0 aliphatic carbocycles. The average molecular weight is 272 g/mol. The number of fused-ring (bicyclic) bond motifs is 1. The molecule has 0 amide bonds. The van der Waals surface area contributed by atoms with E-state index < -0.39 is 0 Å². The monoisotopic (exact) mass is 272 g/mol. The van der Waals surface area contributed by atoms with Gasteiger partial charge >= 0.3 is 0 Å². The first-order valence-electron chi connectivity index (χ1n) is 7.73. The van der Waals surface area contributed by atoms with Gasteiger partial charge in [0.25, 0.3) is 0 Å². The lowest BCUT2D eigenvalue weighted by molar-refractivity contribution is 0.238. The van der Waals surface area contributed by atoms with E-state index in [1.165, 1.54) is 37.1 Å². The van der Waals surface area contributed by atoms with Crippen molar-refractivity contribution < 1.29 is 0 Å². The summed E-state index contributed by atoms with van der Waals surface area (Å²) in [6.45, 7) is 9.02. The summed E-state index contributed by atoms with van der Waals surface area (Å²) in [7, 11) is 0. The summed E-state index contributed by atoms with van der Waals surface area (Å²) in [5.41, 5.74) is 3.79. The van der Waals surface area contributed by atoms with Gasteiger partial charge in [0.05, 0.1) is 17.4 Å². The van der Waals surface area contributed by atoms with Gasteiger partial charge in [0.1, 0.15) is 0 Å². The Kier molecular flexibility index (Phi) is 4.33. The Morgan fingerprint density at radius 3 is 2.90 bits per heavy atom. The van der Waals surface area contributed by atoms with Crippen molar-refractivity contribution in [3.05, 3.63) is 30.1 Å². The van der Waals surface area contributed by atoms with Crippen LogP contribution in [0.5, 0.6) is 0 Å². The van der Waals surface area contributed by atoms with Crippen molar-refractivity contribution in [3.63, 3.8) is 0 Å². The fraction of sp³-hybridized carbons (Fsp3) is 0.562. The highest BCUT2D eigenvalue weighted by atomic mass is 15.2. The summed E-state index contributed by atoms with van der Waals surface area (Å²) < 4.78 is 2.19. The number of imidazole rings is 1. The van der Waals surface area contributed by atoms with Crippen LogP contribution in [0, 0.1) is 0 Å². The largest absolute Gasteiger partial charge is 0.331 e. The van der Waals surface area contributed by atoms with Gasteiger partial charge in [-0.15, -0.1) is 0 Å². The van der Waals surface area contributed by atoms with Crippen molar-refractivity contribution in [1.29, 1.82) is 0 Å². The molecule has 2 aromatic rings. The average Bonchev–Trinajstić information content (AvgIpc) is 2.90. The van der Waals surface area contributed by atoms with E-state index in [-0.39, 0.29) is 0 Å². The third-order valence-electron chi connectivity index (χ3n) is 4.18. The van der Waals surface area contributed by atoms with Gasteiger partial charge in [0, 0.05) is 32.7 Å². The molecule has 0 unspecified atom stereocenters. The summed E-state index contributed by atoms with van der Waals surface area (Å²) >= 11 is 0. The molecule has 0 atom stereocenters. The minimum Gasteiger partial charge on any atom is -0.331 e. The van der Waals surface area contributed by atoms with Crippen molar-refractivity contribution in [3.8, 4) is 0 Å². The van der Waals surface area contributed by atoms with Crippen LogP contribution in [-0.2, 0) is 13.0 Å². The molecule has 108 valence electrons. The molecule has 1 aromatic carbocycles. The number of hydrogen-bond donors (Lipinski definition) is 1. The van der Waals surface area contributed by atoms with Crippen molar-refractivity contribution in [2.75, 3.05) is 32.7 Å². The second kappa shape index (κ2) is 6.37. The second-order valence-electron chi connectivity index (χ2n) is 5.55. The molecule has 2 heterocycles. The SMILES string of the molecule is CCn1cnc2cc(CCCN3CCNCC3)ccc21. The number of hydrogen-bond acceptors (Lipinski definition) is 3. The van der Waals surface area contributed by atoms with Crippen LogP contribution in [0.2, 0.25) is 0 Å². The summed E-state index contributed by atoms with van der Waals surface area (Å²) in [4.78, 5) is 7.05. The lowest BCUT2D eigenvalue weighted by Gasteiger charge is -2.27. The molecule has 1 aliphatic heterocycles. The molecule has 0 spiro atoms. The quantitative estimate of drug-likeness (QED) is 0.902. The van der Waals surface area contributed by atoms with E-state index in [9.17, 15) is 0 Å². The highest BCUT2D eigenvalue weighted by molar-refractivity contribution is 5.76. The van der Waals surface area contributed by atoms with Crippen molar-refractivity contribution in [2.24, 2.45) is 0 Å². The molecule has 0 saturated carbocycles. The summed E-state index contributed by atoms with van der Waals surface area (Å²) in [6.07, 6.45) is 4.33. The molecule has 3 rings (SSSR count). The fourth-order valence-electron chi connectivity index (χ4n) is 2.96. The molecule has 1 aromatic heterocycles. The van der Waals surface area contributed by atoms with Gasteiger partial charge in [-0.05, 0) is 44.0 Å². The van der Waals surface area contributed by atoms with Crippen LogP contribution in [0.1, 0.15) is 18.9 Å². The predicted octanol–water partition coefficient (Wildman–Crippen LogP) is 1.89. The fourth-order valence-corrected chi connectivity index (χ4v) is 2.96. The van der Waals surface area contributed by atoms with E-state index in [2.05, 4.69) is 44.9 Å². The summed E-state index contributed by atoms with van der Waals surface area (Å²) in [5.74, 6) is 0. The normalized spacial score (nSPS) is 16.9. The smallest absolute Gasteiger partial charge is 0.0958 e. The summed E-state index contributed by atoms with van der Waals surface area (Å²) in [6, 6.07) is 6.72. The van der Waals surface area contributed by atoms with E-state index >= 15 is 0 Å². The standard InChI is InChI=1S/C16H24N4/c1-2-20-13-18-15-12-14(5-6-16(15)20)4-3-9-19-10-7-17-8-11-19/h5-6,12-13,17H,2-4,7-11H2,1H3. The maximum atomic E-state index is 4.49. The van der Waals surface area contributed by atoms with Gasteiger partial charge in [0.15, 0.2) is 0 Å². The van der Waals surface area contributed by atoms with Crippen LogP contribution in [0.15, 0.2) is 24.5 Å². The topological polar surface area (TPSA) is 33.1 Å². The Morgan fingerprint density at radius 2 is 2.10 bits per heavy atom. The zero-order chi connectivity index (χ0) is 13.8. The number of nitrogens with one attached hydrogen (secondary N) is 1. The van der Waals surface area contributed by atoms with E-state index in [1.54, 1.807) is 0 Å². The number of aryl methyl sites for hydroxylation is 2. The molecule has 0 radical (unpaired) electrons. The number of nitrogens with zero attached hydrogens (tertiary/aromatic N) is 3.